The molecule has 156 valence electrons. The van der Waals surface area contributed by atoms with Crippen LogP contribution in [0, 0.1) is 19.7 Å². The lowest BCUT2D eigenvalue weighted by Gasteiger charge is -2.29. The van der Waals surface area contributed by atoms with Gasteiger partial charge in [0.15, 0.2) is 0 Å². The molecule has 4 rings (SSSR count). The number of anilines is 2. The second-order valence-corrected chi connectivity index (χ2v) is 7.41. The Labute approximate surface area is 175 Å². The number of amides is 1. The minimum absolute atomic E-state index is 0.289. The second kappa shape index (κ2) is 8.67. The lowest BCUT2D eigenvalue weighted by Crippen LogP contribution is -2.36. The van der Waals surface area contributed by atoms with Gasteiger partial charge in [-0.3, -0.25) is 9.48 Å². The smallest absolute Gasteiger partial charge is 0.259 e. The number of rotatable bonds is 5. The minimum atomic E-state index is -0.358. The zero-order chi connectivity index (χ0) is 21.1. The van der Waals surface area contributed by atoms with Crippen LogP contribution in [0.25, 0.3) is 0 Å². The zero-order valence-electron chi connectivity index (χ0n) is 17.2. The number of hydrogen-bond acceptors (Lipinski definition) is 4. The molecule has 3 aromatic rings. The standard InChI is InChI=1S/C23H25FN4O2/c1-16-22(17(2)28(26-16)15-18-6-4-3-5-7-18)23(29)25-19-8-9-21(20(24)14-19)27-10-12-30-13-11-27/h3-9,14H,10-13,15H2,1-2H3,(H,25,29). The molecule has 0 unspecified atom stereocenters. The summed E-state index contributed by atoms with van der Waals surface area (Å²) in [6.07, 6.45) is 0. The first-order valence-electron chi connectivity index (χ1n) is 10.0. The second-order valence-electron chi connectivity index (χ2n) is 7.41. The van der Waals surface area contributed by atoms with E-state index in [1.165, 1.54) is 6.07 Å². The van der Waals surface area contributed by atoms with E-state index in [-0.39, 0.29) is 11.7 Å². The van der Waals surface area contributed by atoms with Crippen LogP contribution in [0.15, 0.2) is 48.5 Å². The van der Waals surface area contributed by atoms with E-state index < -0.39 is 0 Å². The van der Waals surface area contributed by atoms with Crippen LogP contribution in [0.3, 0.4) is 0 Å². The lowest BCUT2D eigenvalue weighted by atomic mass is 10.1. The maximum Gasteiger partial charge on any atom is 0.259 e. The van der Waals surface area contributed by atoms with Crippen molar-refractivity contribution in [1.29, 1.82) is 0 Å². The molecule has 0 radical (unpaired) electrons. The van der Waals surface area contributed by atoms with E-state index in [2.05, 4.69) is 10.4 Å². The fourth-order valence-electron chi connectivity index (χ4n) is 3.77. The molecule has 7 heteroatoms. The van der Waals surface area contributed by atoms with E-state index >= 15 is 0 Å². The average molecular weight is 408 g/mol. The van der Waals surface area contributed by atoms with Crippen LogP contribution in [0.1, 0.15) is 27.3 Å². The van der Waals surface area contributed by atoms with Gasteiger partial charge in [0.1, 0.15) is 5.82 Å². The number of carbonyl (C=O) groups is 1. The van der Waals surface area contributed by atoms with E-state index in [0.717, 1.165) is 11.3 Å². The Kier molecular flexibility index (Phi) is 5.81. The van der Waals surface area contributed by atoms with Crippen molar-refractivity contribution >= 4 is 17.3 Å². The van der Waals surface area contributed by atoms with Crippen LogP contribution in [0.2, 0.25) is 0 Å². The van der Waals surface area contributed by atoms with Crippen molar-refractivity contribution in [2.45, 2.75) is 20.4 Å². The van der Waals surface area contributed by atoms with Gasteiger partial charge in [-0.1, -0.05) is 30.3 Å². The van der Waals surface area contributed by atoms with Crippen molar-refractivity contribution < 1.29 is 13.9 Å². The highest BCUT2D eigenvalue weighted by molar-refractivity contribution is 6.05. The summed E-state index contributed by atoms with van der Waals surface area (Å²) in [6, 6.07) is 14.8. The third kappa shape index (κ3) is 4.21. The molecule has 1 saturated heterocycles. The molecule has 0 aliphatic carbocycles. The van der Waals surface area contributed by atoms with E-state index in [1.807, 2.05) is 53.8 Å². The molecule has 1 N–H and O–H groups in total. The predicted molar refractivity (Wildman–Crippen MR) is 115 cm³/mol. The van der Waals surface area contributed by atoms with Gasteiger partial charge >= 0.3 is 0 Å². The summed E-state index contributed by atoms with van der Waals surface area (Å²) in [6.45, 7) is 6.76. The zero-order valence-corrected chi connectivity index (χ0v) is 17.2. The molecule has 1 aromatic heterocycles. The molecule has 1 aliphatic heterocycles. The van der Waals surface area contributed by atoms with Gasteiger partial charge in [0.25, 0.3) is 5.91 Å². The number of ether oxygens (including phenoxy) is 1. The summed E-state index contributed by atoms with van der Waals surface area (Å²) < 4.78 is 21.8. The first-order chi connectivity index (χ1) is 14.5. The van der Waals surface area contributed by atoms with Crippen LogP contribution in [-0.4, -0.2) is 42.0 Å². The van der Waals surface area contributed by atoms with Crippen LogP contribution >= 0.6 is 0 Å². The van der Waals surface area contributed by atoms with Gasteiger partial charge in [0.2, 0.25) is 0 Å². The van der Waals surface area contributed by atoms with E-state index in [4.69, 9.17) is 4.74 Å². The quantitative estimate of drug-likeness (QED) is 0.698. The molecule has 0 saturated carbocycles. The summed E-state index contributed by atoms with van der Waals surface area (Å²) in [7, 11) is 0. The van der Waals surface area contributed by atoms with Crippen molar-refractivity contribution in [3.8, 4) is 0 Å². The first kappa shape index (κ1) is 20.1. The Morgan fingerprint density at radius 3 is 2.57 bits per heavy atom. The molecule has 1 amide bonds. The summed E-state index contributed by atoms with van der Waals surface area (Å²) in [5.41, 5.74) is 3.99. The van der Waals surface area contributed by atoms with E-state index in [9.17, 15) is 9.18 Å². The highest BCUT2D eigenvalue weighted by Gasteiger charge is 2.20. The fraction of sp³-hybridized carbons (Fsp3) is 0.304. The van der Waals surface area contributed by atoms with Crippen molar-refractivity contribution in [3.05, 3.63) is 76.9 Å². The highest BCUT2D eigenvalue weighted by atomic mass is 19.1. The molecule has 2 heterocycles. The van der Waals surface area contributed by atoms with Crippen LogP contribution < -0.4 is 10.2 Å². The number of morpholine rings is 1. The number of nitrogens with zero attached hydrogens (tertiary/aromatic N) is 3. The van der Waals surface area contributed by atoms with Gasteiger partial charge in [0.05, 0.1) is 36.7 Å². The molecule has 0 spiro atoms. The fourth-order valence-corrected chi connectivity index (χ4v) is 3.77. The normalized spacial score (nSPS) is 14.0. The number of nitrogens with one attached hydrogen (secondary N) is 1. The number of aromatic nitrogens is 2. The molecule has 2 aromatic carbocycles. The molecule has 6 nitrogen and oxygen atoms in total. The molecule has 1 aliphatic rings. The van der Waals surface area contributed by atoms with Crippen LogP contribution in [-0.2, 0) is 11.3 Å². The van der Waals surface area contributed by atoms with Crippen LogP contribution in [0.5, 0.6) is 0 Å². The van der Waals surface area contributed by atoms with Crippen molar-refractivity contribution in [1.82, 2.24) is 9.78 Å². The summed E-state index contributed by atoms with van der Waals surface area (Å²) in [5, 5.41) is 7.34. The maximum atomic E-state index is 14.6. The van der Waals surface area contributed by atoms with Gasteiger partial charge in [-0.05, 0) is 37.6 Å². The summed E-state index contributed by atoms with van der Waals surface area (Å²) >= 11 is 0. The topological polar surface area (TPSA) is 59.4 Å². The Morgan fingerprint density at radius 1 is 1.13 bits per heavy atom. The van der Waals surface area contributed by atoms with Gasteiger partial charge in [-0.2, -0.15) is 5.10 Å². The first-order valence-corrected chi connectivity index (χ1v) is 10.0. The van der Waals surface area contributed by atoms with Gasteiger partial charge in [0, 0.05) is 24.5 Å². The Morgan fingerprint density at radius 2 is 1.87 bits per heavy atom. The highest BCUT2D eigenvalue weighted by Crippen LogP contribution is 2.25. The molecule has 0 bridgehead atoms. The van der Waals surface area contributed by atoms with Crippen molar-refractivity contribution in [2.75, 3.05) is 36.5 Å². The monoisotopic (exact) mass is 408 g/mol. The van der Waals surface area contributed by atoms with Crippen molar-refractivity contribution in [2.24, 2.45) is 0 Å². The van der Waals surface area contributed by atoms with Crippen LogP contribution in [0.4, 0.5) is 15.8 Å². The van der Waals surface area contributed by atoms with E-state index in [0.29, 0.717) is 55.5 Å². The largest absolute Gasteiger partial charge is 0.378 e. The predicted octanol–water partition coefficient (Wildman–Crippen LogP) is 3.78. The van der Waals surface area contributed by atoms with Gasteiger partial charge in [-0.15, -0.1) is 0 Å². The Bertz CT molecular complexity index is 1040. The van der Waals surface area contributed by atoms with Crippen molar-refractivity contribution in [3.63, 3.8) is 0 Å². The maximum absolute atomic E-state index is 14.6. The third-order valence-corrected chi connectivity index (χ3v) is 5.34. The van der Waals surface area contributed by atoms with Gasteiger partial charge < -0.3 is 15.0 Å². The van der Waals surface area contributed by atoms with E-state index in [1.54, 1.807) is 12.1 Å². The summed E-state index contributed by atoms with van der Waals surface area (Å²) in [4.78, 5) is 14.9. The SMILES string of the molecule is Cc1nn(Cc2ccccc2)c(C)c1C(=O)Nc1ccc(N2CCOCC2)c(F)c1. The molecule has 30 heavy (non-hydrogen) atoms. The Balaban J connectivity index is 1.50. The van der Waals surface area contributed by atoms with Gasteiger partial charge in [-0.25, -0.2) is 4.39 Å². The Hall–Kier alpha value is -3.19. The number of carbonyl (C=O) groups excluding carboxylic acids is 1. The summed E-state index contributed by atoms with van der Waals surface area (Å²) in [5.74, 6) is -0.647. The number of hydrogen-bond donors (Lipinski definition) is 1. The minimum Gasteiger partial charge on any atom is -0.378 e. The lowest BCUT2D eigenvalue weighted by molar-refractivity contribution is 0.102. The molecule has 1 fully saturated rings. The molecule has 0 atom stereocenters. The molecular weight excluding hydrogens is 383 g/mol. The molecular formula is C23H25FN4O2. The number of aryl methyl sites for hydroxylation is 1. The average Bonchev–Trinajstić information content (AvgIpc) is 3.02. The number of halogens is 1. The third-order valence-electron chi connectivity index (χ3n) is 5.34. The number of benzene rings is 2.